The first kappa shape index (κ1) is 39.4. The molecule has 0 spiro atoms. The number of halogens is 2. The van der Waals surface area contributed by atoms with Gasteiger partial charge in [0.1, 0.15) is 27.2 Å². The van der Waals surface area contributed by atoms with Crippen molar-refractivity contribution in [3.63, 3.8) is 0 Å². The van der Waals surface area contributed by atoms with Gasteiger partial charge in [0, 0.05) is 45.9 Å². The van der Waals surface area contributed by atoms with Crippen LogP contribution in [0.4, 0.5) is 4.39 Å². The zero-order valence-corrected chi connectivity index (χ0v) is 34.6. The summed E-state index contributed by atoms with van der Waals surface area (Å²) in [5, 5.41) is 0.704. The predicted octanol–water partition coefficient (Wildman–Crippen LogP) is 9.68. The van der Waals surface area contributed by atoms with Crippen molar-refractivity contribution in [2.45, 2.75) is 50.7 Å². The molecule has 1 saturated carbocycles. The number of carbonyl (C=O) groups excluding carboxylic acids is 1. The smallest absolute Gasteiger partial charge is 0.357 e. The Morgan fingerprint density at radius 3 is 2.07 bits per heavy atom. The van der Waals surface area contributed by atoms with E-state index in [0.717, 1.165) is 62.3 Å². The Morgan fingerprint density at radius 1 is 0.893 bits per heavy atom. The first-order valence-electron chi connectivity index (χ1n) is 18.1. The Kier molecular flexibility index (Phi) is 11.8. The van der Waals surface area contributed by atoms with Gasteiger partial charge in [-0.3, -0.25) is 0 Å². The first-order valence-corrected chi connectivity index (χ1v) is 21.1. The Labute approximate surface area is 338 Å². The van der Waals surface area contributed by atoms with E-state index in [2.05, 4.69) is 26.6 Å². The van der Waals surface area contributed by atoms with Gasteiger partial charge in [0.25, 0.3) is 0 Å². The van der Waals surface area contributed by atoms with Gasteiger partial charge in [-0.2, -0.15) is 4.31 Å². The molecule has 1 fully saturated rings. The van der Waals surface area contributed by atoms with Crippen molar-refractivity contribution >= 4 is 43.3 Å². The summed E-state index contributed by atoms with van der Waals surface area (Å²) in [5.74, 6) is 0.454. The largest absolute Gasteiger partial charge is 0.497 e. The topological polar surface area (TPSA) is 100.0 Å². The van der Waals surface area contributed by atoms with Gasteiger partial charge in [0.2, 0.25) is 10.0 Å². The molecule has 0 atom stereocenters. The number of aromatic nitrogens is 2. The van der Waals surface area contributed by atoms with Crippen LogP contribution in [0.5, 0.6) is 11.5 Å². The summed E-state index contributed by atoms with van der Waals surface area (Å²) < 4.78 is 65.1. The minimum Gasteiger partial charge on any atom is -0.497 e. The molecule has 1 aliphatic carbocycles. The van der Waals surface area contributed by atoms with Crippen LogP contribution in [0.1, 0.15) is 50.6 Å². The van der Waals surface area contributed by atoms with Crippen LogP contribution < -0.4 is 9.47 Å². The lowest BCUT2D eigenvalue weighted by Gasteiger charge is -2.23. The van der Waals surface area contributed by atoms with E-state index in [1.165, 1.54) is 34.9 Å². The van der Waals surface area contributed by atoms with Gasteiger partial charge in [-0.15, -0.1) is 11.3 Å². The summed E-state index contributed by atoms with van der Waals surface area (Å²) in [5.41, 5.74) is 6.09. The van der Waals surface area contributed by atoms with Crippen LogP contribution in [0.3, 0.4) is 0 Å². The Morgan fingerprint density at radius 2 is 1.52 bits per heavy atom. The van der Waals surface area contributed by atoms with E-state index < -0.39 is 26.7 Å². The Hall–Kier alpha value is -4.82. The number of thiazole rings is 1. The lowest BCUT2D eigenvalue weighted by Crippen LogP contribution is -2.31. The lowest BCUT2D eigenvalue weighted by molar-refractivity contribution is 0.0594. The average Bonchev–Trinajstić information content (AvgIpc) is 3.84. The van der Waals surface area contributed by atoms with Gasteiger partial charge in [0.15, 0.2) is 5.69 Å². The minimum absolute atomic E-state index is 0.0140. The third kappa shape index (κ3) is 8.61. The maximum absolute atomic E-state index is 16.4. The Bertz CT molecular complexity index is 2430. The zero-order chi connectivity index (χ0) is 39.6. The molecule has 0 N–H and O–H groups in total. The number of carbonyl (C=O) groups is 1. The van der Waals surface area contributed by atoms with E-state index >= 15 is 4.39 Å². The molecule has 1 aliphatic rings. The normalized spacial score (nSPS) is 12.9. The van der Waals surface area contributed by atoms with Crippen molar-refractivity contribution in [2.75, 3.05) is 21.3 Å². The second-order valence-corrected chi connectivity index (χ2v) is 17.8. The molecular weight excluding hydrogens is 818 g/mol. The molecule has 4 aromatic carbocycles. The molecule has 9 nitrogen and oxygen atoms in total. The second-order valence-electron chi connectivity index (χ2n) is 13.8. The predicted molar refractivity (Wildman–Crippen MR) is 219 cm³/mol. The van der Waals surface area contributed by atoms with Crippen LogP contribution in [0.2, 0.25) is 0 Å². The molecule has 13 heteroatoms. The number of sulfonamides is 1. The molecular formula is C43H41BrFN3O6S2. The van der Waals surface area contributed by atoms with Gasteiger partial charge in [0.05, 0.1) is 21.3 Å². The van der Waals surface area contributed by atoms with Crippen LogP contribution >= 0.6 is 27.3 Å². The van der Waals surface area contributed by atoms with E-state index in [9.17, 15) is 13.2 Å². The van der Waals surface area contributed by atoms with Crippen LogP contribution in [-0.2, 0) is 40.8 Å². The highest BCUT2D eigenvalue weighted by Gasteiger charge is 2.31. The summed E-state index contributed by atoms with van der Waals surface area (Å²) in [6.45, 7) is 2.16. The average molecular weight is 859 g/mol. The van der Waals surface area contributed by atoms with E-state index in [1.54, 1.807) is 68.8 Å². The highest BCUT2D eigenvalue weighted by atomic mass is 79.9. The highest BCUT2D eigenvalue weighted by molar-refractivity contribution is 9.10. The van der Waals surface area contributed by atoms with Crippen LogP contribution in [0.15, 0.2) is 106 Å². The van der Waals surface area contributed by atoms with Gasteiger partial charge in [-0.05, 0) is 109 Å². The first-order chi connectivity index (χ1) is 27.0. The molecule has 0 unspecified atom stereocenters. The second kappa shape index (κ2) is 16.7. The molecule has 290 valence electrons. The van der Waals surface area contributed by atoms with E-state index in [0.29, 0.717) is 28.0 Å². The van der Waals surface area contributed by atoms with Crippen molar-refractivity contribution in [3.05, 3.63) is 140 Å². The third-order valence-electron chi connectivity index (χ3n) is 9.90. The molecule has 0 aliphatic heterocycles. The number of nitrogens with zero attached hydrogens (tertiary/aromatic N) is 3. The quantitative estimate of drug-likeness (QED) is 0.0949. The number of rotatable bonds is 15. The number of ether oxygens (including phenoxy) is 3. The SMILES string of the molecule is COC(=O)c1nc(-c2cc(-c3cccc(Br)c3)n(Cc3ccc(S(=O)(=O)N(Cc4ccc(OC)cc4)Cc4ccc(OC)cc4)c(F)c3)c2CC2CC2)sc1C. The minimum atomic E-state index is -4.32. The molecule has 7 rings (SSSR count). The Balaban J connectivity index is 1.27. The van der Waals surface area contributed by atoms with Crippen LogP contribution in [0.25, 0.3) is 21.8 Å². The third-order valence-corrected chi connectivity index (χ3v) is 13.2. The maximum Gasteiger partial charge on any atom is 0.357 e. The van der Waals surface area contributed by atoms with Crippen molar-refractivity contribution in [2.24, 2.45) is 5.92 Å². The van der Waals surface area contributed by atoms with Crippen LogP contribution in [0, 0.1) is 18.7 Å². The molecule has 0 amide bonds. The molecule has 0 saturated heterocycles. The maximum atomic E-state index is 16.4. The molecule has 0 radical (unpaired) electrons. The number of aryl methyl sites for hydroxylation is 1. The summed E-state index contributed by atoms with van der Waals surface area (Å²) in [7, 11) is 0.151. The standard InChI is InChI=1S/C43H41BrFN3O6S2/c1-27-41(43(49)54-4)46-42(55-27)36-23-38(32-6-5-7-33(44)22-32)48(39(36)21-28-8-9-28)26-31-14-19-40(37(45)20-31)56(50,51)47(24-29-10-15-34(52-2)16-11-29)25-30-12-17-35(53-3)18-13-30/h5-7,10-20,22-23,28H,8-9,21,24-26H2,1-4H3. The summed E-state index contributed by atoms with van der Waals surface area (Å²) in [6, 6.07) is 28.7. The zero-order valence-electron chi connectivity index (χ0n) is 31.4. The summed E-state index contributed by atoms with van der Waals surface area (Å²) >= 11 is 5.05. The summed E-state index contributed by atoms with van der Waals surface area (Å²) in [6.07, 6.45) is 2.98. The number of benzene rings is 4. The van der Waals surface area contributed by atoms with E-state index in [-0.39, 0.29) is 25.3 Å². The fraction of sp³-hybridized carbons (Fsp3) is 0.256. The molecule has 2 aromatic heterocycles. The van der Waals surface area contributed by atoms with Crippen LogP contribution in [-0.4, -0.2) is 49.6 Å². The van der Waals surface area contributed by atoms with E-state index in [4.69, 9.17) is 19.2 Å². The molecule has 56 heavy (non-hydrogen) atoms. The van der Waals surface area contributed by atoms with Gasteiger partial charge >= 0.3 is 5.97 Å². The van der Waals surface area contributed by atoms with E-state index in [1.807, 2.05) is 31.2 Å². The monoisotopic (exact) mass is 857 g/mol. The van der Waals surface area contributed by atoms with Crippen molar-refractivity contribution in [1.82, 2.24) is 13.9 Å². The van der Waals surface area contributed by atoms with Gasteiger partial charge in [-0.25, -0.2) is 22.6 Å². The van der Waals surface area contributed by atoms with Crippen molar-refractivity contribution in [1.29, 1.82) is 0 Å². The van der Waals surface area contributed by atoms with Gasteiger partial charge < -0.3 is 18.8 Å². The molecule has 0 bridgehead atoms. The van der Waals surface area contributed by atoms with Crippen molar-refractivity contribution < 1.29 is 31.8 Å². The molecule has 2 heterocycles. The number of hydrogen-bond donors (Lipinski definition) is 0. The highest BCUT2D eigenvalue weighted by Crippen LogP contribution is 2.42. The fourth-order valence-corrected chi connectivity index (χ4v) is 9.52. The van der Waals surface area contributed by atoms with Crippen molar-refractivity contribution in [3.8, 4) is 33.3 Å². The van der Waals surface area contributed by atoms with Gasteiger partial charge in [-0.1, -0.05) is 58.4 Å². The number of hydrogen-bond acceptors (Lipinski definition) is 8. The summed E-state index contributed by atoms with van der Waals surface area (Å²) in [4.78, 5) is 17.6. The molecule has 6 aromatic rings. The number of methoxy groups -OCH3 is 3. The fourth-order valence-electron chi connectivity index (χ4n) is 6.72. The lowest BCUT2D eigenvalue weighted by atomic mass is 10.1. The number of esters is 1.